The van der Waals surface area contributed by atoms with Gasteiger partial charge < -0.3 is 4.52 Å². The van der Waals surface area contributed by atoms with Crippen LogP contribution in [-0.2, 0) is 16.1 Å². The van der Waals surface area contributed by atoms with Crippen LogP contribution in [0.5, 0.6) is 0 Å². The monoisotopic (exact) mass is 444 g/mol. The molecule has 1 aromatic heterocycles. The fourth-order valence-electron chi connectivity index (χ4n) is 3.43. The van der Waals surface area contributed by atoms with Crippen molar-refractivity contribution in [2.24, 2.45) is 10.3 Å². The normalized spacial score (nSPS) is 20.1. The third kappa shape index (κ3) is 3.22. The number of carbonyl (C=O) groups is 2. The zero-order valence-electron chi connectivity index (χ0n) is 15.4. The van der Waals surface area contributed by atoms with Crippen molar-refractivity contribution in [3.63, 3.8) is 0 Å². The van der Waals surface area contributed by atoms with E-state index in [4.69, 9.17) is 16.1 Å². The molecule has 0 unspecified atom stereocenters. The predicted octanol–water partition coefficient (Wildman–Crippen LogP) is 3.16. The summed E-state index contributed by atoms with van der Waals surface area (Å²) in [6, 6.07) is 7.48. The lowest BCUT2D eigenvalue weighted by Gasteiger charge is -2.19. The van der Waals surface area contributed by atoms with Crippen molar-refractivity contribution >= 4 is 29.1 Å². The lowest BCUT2D eigenvalue weighted by molar-refractivity contribution is -0.123. The molecular weight excluding hydrogens is 434 g/mol. The summed E-state index contributed by atoms with van der Waals surface area (Å²) in [5.41, 5.74) is 0.555. The Morgan fingerprint density at radius 1 is 1.06 bits per heavy atom. The highest BCUT2D eigenvalue weighted by atomic mass is 35.5. The van der Waals surface area contributed by atoms with E-state index in [-0.39, 0.29) is 18.1 Å². The average molecular weight is 445 g/mol. The second-order valence-electron chi connectivity index (χ2n) is 6.82. The van der Waals surface area contributed by atoms with Gasteiger partial charge in [-0.25, -0.2) is 13.7 Å². The van der Waals surface area contributed by atoms with Gasteiger partial charge in [0.15, 0.2) is 23.7 Å². The first kappa shape index (κ1) is 19.2. The number of fused-ring (bicyclic) bond motifs is 1. The van der Waals surface area contributed by atoms with Gasteiger partial charge in [0.1, 0.15) is 6.54 Å². The molecular formula is C19H11ClF2N6O3. The standard InChI is InChI=1S/C19H11ClF2N6O3/c20-10-3-1-2-9(6-10)17-23-14(31-25-17)8-27-16-15(24-26-27)18(29)28(19(16)30)11-4-5-12(21)13(22)7-11/h1-7,15-16H,8H2/t15-,16-/m1/s1. The molecule has 2 atom stereocenters. The second kappa shape index (κ2) is 7.20. The van der Waals surface area contributed by atoms with Crippen LogP contribution in [0.2, 0.25) is 5.02 Å². The van der Waals surface area contributed by atoms with E-state index in [1.807, 2.05) is 0 Å². The summed E-state index contributed by atoms with van der Waals surface area (Å²) in [6.07, 6.45) is 0. The van der Waals surface area contributed by atoms with Gasteiger partial charge in [0.25, 0.3) is 11.8 Å². The summed E-state index contributed by atoms with van der Waals surface area (Å²) in [7, 11) is 0. The Morgan fingerprint density at radius 2 is 1.90 bits per heavy atom. The number of aromatic nitrogens is 2. The maximum Gasteiger partial charge on any atom is 0.263 e. The van der Waals surface area contributed by atoms with Gasteiger partial charge in [0.2, 0.25) is 11.7 Å². The largest absolute Gasteiger partial charge is 0.337 e. The summed E-state index contributed by atoms with van der Waals surface area (Å²) >= 11 is 5.97. The Labute approximate surface area is 177 Å². The maximum absolute atomic E-state index is 13.6. The topological polar surface area (TPSA) is 104 Å². The highest BCUT2D eigenvalue weighted by Crippen LogP contribution is 2.33. The van der Waals surface area contributed by atoms with Crippen LogP contribution in [0.1, 0.15) is 5.89 Å². The van der Waals surface area contributed by atoms with Crippen LogP contribution < -0.4 is 4.90 Å². The predicted molar refractivity (Wildman–Crippen MR) is 102 cm³/mol. The van der Waals surface area contributed by atoms with Gasteiger partial charge in [0.05, 0.1) is 5.69 Å². The van der Waals surface area contributed by atoms with Crippen molar-refractivity contribution in [1.82, 2.24) is 15.1 Å². The molecule has 0 spiro atoms. The highest BCUT2D eigenvalue weighted by Gasteiger charge is 2.55. The van der Waals surface area contributed by atoms with Crippen molar-refractivity contribution in [1.29, 1.82) is 0 Å². The lowest BCUT2D eigenvalue weighted by atomic mass is 10.1. The molecule has 31 heavy (non-hydrogen) atoms. The van der Waals surface area contributed by atoms with Gasteiger partial charge in [0, 0.05) is 16.7 Å². The number of amides is 2. The van der Waals surface area contributed by atoms with E-state index in [2.05, 4.69) is 20.5 Å². The molecule has 0 radical (unpaired) electrons. The quantitative estimate of drug-likeness (QED) is 0.572. The third-order valence-electron chi connectivity index (χ3n) is 4.87. The van der Waals surface area contributed by atoms with Crippen molar-refractivity contribution < 1.29 is 22.9 Å². The molecule has 1 saturated heterocycles. The van der Waals surface area contributed by atoms with E-state index in [9.17, 15) is 18.4 Å². The molecule has 0 aliphatic carbocycles. The van der Waals surface area contributed by atoms with Crippen molar-refractivity contribution in [2.45, 2.75) is 18.6 Å². The number of nitrogens with zero attached hydrogens (tertiary/aromatic N) is 6. The first-order chi connectivity index (χ1) is 14.9. The average Bonchev–Trinajstić information content (AvgIpc) is 3.43. The van der Waals surface area contributed by atoms with Gasteiger partial charge in [-0.05, 0) is 24.3 Å². The number of benzene rings is 2. The van der Waals surface area contributed by atoms with Crippen LogP contribution in [-0.4, -0.2) is 39.0 Å². The third-order valence-corrected chi connectivity index (χ3v) is 5.10. The van der Waals surface area contributed by atoms with Crippen LogP contribution in [0.3, 0.4) is 0 Å². The van der Waals surface area contributed by atoms with Gasteiger partial charge in [-0.2, -0.15) is 10.1 Å². The summed E-state index contributed by atoms with van der Waals surface area (Å²) < 4.78 is 32.0. The Hall–Kier alpha value is -3.73. The van der Waals surface area contributed by atoms with Gasteiger partial charge >= 0.3 is 0 Å². The van der Waals surface area contributed by atoms with E-state index in [1.165, 1.54) is 5.01 Å². The molecule has 2 amide bonds. The molecule has 2 aliphatic rings. The van der Waals surface area contributed by atoms with E-state index in [1.54, 1.807) is 24.3 Å². The first-order valence-corrected chi connectivity index (χ1v) is 9.39. The van der Waals surface area contributed by atoms with Crippen LogP contribution in [0.25, 0.3) is 11.4 Å². The Kier molecular flexibility index (Phi) is 4.47. The molecule has 156 valence electrons. The minimum absolute atomic E-state index is 0.0805. The number of anilines is 1. The zero-order chi connectivity index (χ0) is 21.7. The number of hydrogen-bond acceptors (Lipinski definition) is 8. The molecule has 12 heteroatoms. The van der Waals surface area contributed by atoms with Gasteiger partial charge in [-0.15, -0.1) is 0 Å². The Bertz CT molecular complexity index is 1250. The van der Waals surface area contributed by atoms with Crippen LogP contribution in [0, 0.1) is 11.6 Å². The number of hydrogen-bond donors (Lipinski definition) is 0. The second-order valence-corrected chi connectivity index (χ2v) is 7.26. The molecule has 2 aliphatic heterocycles. The minimum atomic E-state index is -1.17. The van der Waals surface area contributed by atoms with Crippen molar-refractivity contribution in [2.75, 3.05) is 4.90 Å². The van der Waals surface area contributed by atoms with E-state index in [0.29, 0.717) is 16.4 Å². The fraction of sp³-hybridized carbons (Fsp3) is 0.158. The molecule has 0 bridgehead atoms. The van der Waals surface area contributed by atoms with Crippen LogP contribution in [0.4, 0.5) is 14.5 Å². The summed E-state index contributed by atoms with van der Waals surface area (Å²) in [5, 5.41) is 13.4. The number of imide groups is 1. The summed E-state index contributed by atoms with van der Waals surface area (Å²) in [5.74, 6) is -3.18. The highest BCUT2D eigenvalue weighted by molar-refractivity contribution is 6.30. The fourth-order valence-corrected chi connectivity index (χ4v) is 3.63. The van der Waals surface area contributed by atoms with E-state index in [0.717, 1.165) is 23.1 Å². The molecule has 1 fully saturated rings. The van der Waals surface area contributed by atoms with Gasteiger partial charge in [-0.3, -0.25) is 14.6 Å². The van der Waals surface area contributed by atoms with E-state index >= 15 is 0 Å². The number of carbonyl (C=O) groups excluding carboxylic acids is 2. The SMILES string of the molecule is O=C1[C@@H]2N=NN(Cc3nc(-c4cccc(Cl)c4)no3)[C@H]2C(=O)N1c1ccc(F)c(F)c1. The molecule has 3 aromatic rings. The summed E-state index contributed by atoms with van der Waals surface area (Å²) in [6.45, 7) is -0.0805. The van der Waals surface area contributed by atoms with Crippen LogP contribution in [0.15, 0.2) is 57.3 Å². The lowest BCUT2D eigenvalue weighted by Crippen LogP contribution is -2.39. The molecule has 2 aromatic carbocycles. The van der Waals surface area contributed by atoms with Crippen molar-refractivity contribution in [3.8, 4) is 11.4 Å². The molecule has 3 heterocycles. The van der Waals surface area contributed by atoms with Gasteiger partial charge in [-0.1, -0.05) is 34.1 Å². The molecule has 5 rings (SSSR count). The Balaban J connectivity index is 1.37. The molecule has 0 saturated carbocycles. The zero-order valence-corrected chi connectivity index (χ0v) is 16.2. The Morgan fingerprint density at radius 3 is 2.68 bits per heavy atom. The number of halogens is 3. The van der Waals surface area contributed by atoms with E-state index < -0.39 is 35.5 Å². The smallest absolute Gasteiger partial charge is 0.263 e. The summed E-state index contributed by atoms with van der Waals surface area (Å²) in [4.78, 5) is 30.6. The molecule has 0 N–H and O–H groups in total. The van der Waals surface area contributed by atoms with Crippen LogP contribution >= 0.6 is 11.6 Å². The molecule has 9 nitrogen and oxygen atoms in total. The maximum atomic E-state index is 13.6. The number of rotatable bonds is 4. The first-order valence-electron chi connectivity index (χ1n) is 9.01. The minimum Gasteiger partial charge on any atom is -0.337 e. The van der Waals surface area contributed by atoms with Crippen molar-refractivity contribution in [3.05, 3.63) is 65.0 Å².